The zero-order valence-corrected chi connectivity index (χ0v) is 9.58. The lowest BCUT2D eigenvalue weighted by atomic mass is 10.1. The van der Waals surface area contributed by atoms with Gasteiger partial charge < -0.3 is 10.2 Å². The van der Waals surface area contributed by atoms with Crippen molar-refractivity contribution in [1.82, 2.24) is 0 Å². The van der Waals surface area contributed by atoms with Crippen LogP contribution in [0.1, 0.15) is 5.56 Å². The Hall–Kier alpha value is -1.56. The lowest BCUT2D eigenvalue weighted by molar-refractivity contribution is -0.137. The van der Waals surface area contributed by atoms with Crippen LogP contribution in [0.25, 0.3) is 0 Å². The fraction of sp³-hybridized carbons (Fsp3) is 0.273. The molecule has 1 atom stereocenters. The molecule has 0 saturated carbocycles. The molecule has 1 aliphatic heterocycles. The van der Waals surface area contributed by atoms with E-state index in [9.17, 15) is 14.3 Å². The number of hydrogen-bond donors (Lipinski definition) is 2. The first-order chi connectivity index (χ1) is 8.06. The summed E-state index contributed by atoms with van der Waals surface area (Å²) in [5.41, 5.74) is 0.545. The molecule has 0 unspecified atom stereocenters. The Bertz CT molecular complexity index is 490. The number of halogens is 1. The van der Waals surface area contributed by atoms with Crippen molar-refractivity contribution >= 4 is 22.8 Å². The van der Waals surface area contributed by atoms with Gasteiger partial charge >= 0.3 is 5.97 Å². The molecular formula is C11H10FNO3S. The minimum absolute atomic E-state index is 0.132. The summed E-state index contributed by atoms with van der Waals surface area (Å²) in [5.74, 6) is -1.18. The second-order valence-electron chi connectivity index (χ2n) is 3.64. The Labute approximate surface area is 101 Å². The molecular weight excluding hydrogens is 245 g/mol. The van der Waals surface area contributed by atoms with Gasteiger partial charge in [-0.1, -0.05) is 6.07 Å². The predicted molar refractivity (Wildman–Crippen MR) is 63.1 cm³/mol. The molecule has 0 aliphatic carbocycles. The van der Waals surface area contributed by atoms with Gasteiger partial charge in [0, 0.05) is 23.8 Å². The number of aromatic hydroxyl groups is 1. The van der Waals surface area contributed by atoms with E-state index in [2.05, 4.69) is 4.99 Å². The van der Waals surface area contributed by atoms with E-state index in [1.165, 1.54) is 23.9 Å². The number of rotatable bonds is 3. The van der Waals surface area contributed by atoms with Crippen LogP contribution >= 0.6 is 11.8 Å². The number of nitrogens with zero attached hydrogens (tertiary/aromatic N) is 1. The maximum absolute atomic E-state index is 12.8. The summed E-state index contributed by atoms with van der Waals surface area (Å²) in [4.78, 5) is 14.7. The van der Waals surface area contributed by atoms with Crippen molar-refractivity contribution in [2.45, 2.75) is 12.5 Å². The Balaban J connectivity index is 2.12. The van der Waals surface area contributed by atoms with Crippen molar-refractivity contribution in [3.8, 4) is 5.75 Å². The van der Waals surface area contributed by atoms with Gasteiger partial charge in [0.25, 0.3) is 0 Å². The molecule has 4 nitrogen and oxygen atoms in total. The van der Waals surface area contributed by atoms with Crippen LogP contribution in [-0.4, -0.2) is 33.0 Å². The van der Waals surface area contributed by atoms with Crippen LogP contribution in [0.15, 0.2) is 23.2 Å². The molecule has 1 heterocycles. The van der Waals surface area contributed by atoms with Crippen molar-refractivity contribution in [3.05, 3.63) is 29.6 Å². The molecule has 0 amide bonds. The number of carboxylic acids is 1. The van der Waals surface area contributed by atoms with Gasteiger partial charge in [-0.05, 0) is 6.07 Å². The fourth-order valence-electron chi connectivity index (χ4n) is 1.50. The van der Waals surface area contributed by atoms with Gasteiger partial charge in [-0.2, -0.15) is 0 Å². The van der Waals surface area contributed by atoms with Crippen LogP contribution < -0.4 is 0 Å². The van der Waals surface area contributed by atoms with Crippen LogP contribution in [0.5, 0.6) is 5.75 Å². The molecule has 1 aromatic rings. The summed E-state index contributed by atoms with van der Waals surface area (Å²) in [6.45, 7) is 0. The normalized spacial score (nSPS) is 19.1. The van der Waals surface area contributed by atoms with E-state index in [4.69, 9.17) is 5.11 Å². The molecule has 0 spiro atoms. The summed E-state index contributed by atoms with van der Waals surface area (Å²) in [5, 5.41) is 18.9. The molecule has 1 aliphatic rings. The van der Waals surface area contributed by atoms with Crippen molar-refractivity contribution in [2.24, 2.45) is 4.99 Å². The molecule has 17 heavy (non-hydrogen) atoms. The van der Waals surface area contributed by atoms with Gasteiger partial charge in [-0.15, -0.1) is 11.8 Å². The van der Waals surface area contributed by atoms with Gasteiger partial charge in [0.1, 0.15) is 11.6 Å². The summed E-state index contributed by atoms with van der Waals surface area (Å²) < 4.78 is 12.8. The van der Waals surface area contributed by atoms with E-state index < -0.39 is 17.8 Å². The van der Waals surface area contributed by atoms with Crippen LogP contribution in [0.3, 0.4) is 0 Å². The maximum Gasteiger partial charge on any atom is 0.329 e. The predicted octanol–water partition coefficient (Wildman–Crippen LogP) is 1.67. The topological polar surface area (TPSA) is 69.9 Å². The van der Waals surface area contributed by atoms with E-state index in [0.717, 1.165) is 6.07 Å². The van der Waals surface area contributed by atoms with E-state index in [0.29, 0.717) is 22.8 Å². The average Bonchev–Trinajstić information content (AvgIpc) is 2.71. The van der Waals surface area contributed by atoms with Gasteiger partial charge in [-0.3, -0.25) is 4.99 Å². The van der Waals surface area contributed by atoms with Crippen LogP contribution in [0.2, 0.25) is 0 Å². The quantitative estimate of drug-likeness (QED) is 0.862. The first-order valence-corrected chi connectivity index (χ1v) is 5.94. The first-order valence-electron chi connectivity index (χ1n) is 4.96. The molecule has 2 N–H and O–H groups in total. The summed E-state index contributed by atoms with van der Waals surface area (Å²) in [6, 6.07) is 3.05. The highest BCUT2D eigenvalue weighted by Crippen LogP contribution is 2.25. The molecule has 0 aromatic heterocycles. The number of phenolic OH excluding ortho intramolecular Hbond substituents is 1. The van der Waals surface area contributed by atoms with Crippen molar-refractivity contribution < 1.29 is 19.4 Å². The molecule has 6 heteroatoms. The average molecular weight is 255 g/mol. The summed E-state index contributed by atoms with van der Waals surface area (Å²) in [7, 11) is 0. The van der Waals surface area contributed by atoms with Gasteiger partial charge in [0.15, 0.2) is 6.04 Å². The zero-order valence-electron chi connectivity index (χ0n) is 8.76. The summed E-state index contributed by atoms with van der Waals surface area (Å²) >= 11 is 1.35. The zero-order chi connectivity index (χ0) is 12.4. The Morgan fingerprint density at radius 3 is 2.94 bits per heavy atom. The second kappa shape index (κ2) is 4.75. The number of benzene rings is 1. The molecule has 1 aromatic carbocycles. The number of thioether (sulfide) groups is 1. The highest BCUT2D eigenvalue weighted by molar-refractivity contribution is 8.14. The number of hydrogen-bond acceptors (Lipinski definition) is 4. The molecule has 0 radical (unpaired) electrons. The highest BCUT2D eigenvalue weighted by atomic mass is 32.2. The van der Waals surface area contributed by atoms with Crippen molar-refractivity contribution in [1.29, 1.82) is 0 Å². The first kappa shape index (κ1) is 11.9. The SMILES string of the molecule is O=C(O)[C@@H]1CSC(Cc2ccc(F)cc2O)=N1. The fourth-order valence-corrected chi connectivity index (χ4v) is 2.52. The van der Waals surface area contributed by atoms with Crippen LogP contribution in [0, 0.1) is 5.82 Å². The van der Waals surface area contributed by atoms with Gasteiger partial charge in [-0.25, -0.2) is 9.18 Å². The molecule has 0 saturated heterocycles. The van der Waals surface area contributed by atoms with Gasteiger partial charge in [0.2, 0.25) is 0 Å². The number of aliphatic carboxylic acids is 1. The van der Waals surface area contributed by atoms with Crippen LogP contribution in [-0.2, 0) is 11.2 Å². The summed E-state index contributed by atoms with van der Waals surface area (Å²) in [6.07, 6.45) is 0.334. The third-order valence-electron chi connectivity index (χ3n) is 2.38. The smallest absolute Gasteiger partial charge is 0.329 e. The van der Waals surface area contributed by atoms with E-state index >= 15 is 0 Å². The minimum Gasteiger partial charge on any atom is -0.508 e. The second-order valence-corrected chi connectivity index (χ2v) is 4.73. The Morgan fingerprint density at radius 1 is 1.59 bits per heavy atom. The van der Waals surface area contributed by atoms with E-state index in [1.807, 2.05) is 0 Å². The largest absolute Gasteiger partial charge is 0.508 e. The number of phenols is 1. The molecule has 2 rings (SSSR count). The number of carboxylic acid groups (broad SMARTS) is 1. The lowest BCUT2D eigenvalue weighted by Crippen LogP contribution is -2.17. The minimum atomic E-state index is -0.948. The molecule has 0 fully saturated rings. The van der Waals surface area contributed by atoms with Gasteiger partial charge in [0.05, 0.1) is 5.04 Å². The standard InChI is InChI=1S/C11H10FNO3S/c12-7-2-1-6(9(14)4-7)3-10-13-8(5-17-10)11(15)16/h1-2,4,8,14H,3,5H2,(H,15,16)/t8-/m0/s1. The maximum atomic E-state index is 12.8. The Kier molecular flexibility index (Phi) is 3.33. The molecule has 0 bridgehead atoms. The third-order valence-corrected chi connectivity index (χ3v) is 3.45. The Morgan fingerprint density at radius 2 is 2.35 bits per heavy atom. The van der Waals surface area contributed by atoms with E-state index in [-0.39, 0.29) is 5.75 Å². The highest BCUT2D eigenvalue weighted by Gasteiger charge is 2.24. The van der Waals surface area contributed by atoms with Crippen molar-refractivity contribution in [2.75, 3.05) is 5.75 Å². The number of carbonyl (C=O) groups is 1. The van der Waals surface area contributed by atoms with Crippen LogP contribution in [0.4, 0.5) is 4.39 Å². The third kappa shape index (κ3) is 2.76. The number of aliphatic imine (C=N–C) groups is 1. The lowest BCUT2D eigenvalue weighted by Gasteiger charge is -2.03. The van der Waals surface area contributed by atoms with E-state index in [1.54, 1.807) is 0 Å². The monoisotopic (exact) mass is 255 g/mol. The van der Waals surface area contributed by atoms with Crippen molar-refractivity contribution in [3.63, 3.8) is 0 Å². The molecule has 90 valence electrons.